The summed E-state index contributed by atoms with van der Waals surface area (Å²) in [5.41, 5.74) is 3.88. The van der Waals surface area contributed by atoms with Crippen LogP contribution in [0.2, 0.25) is 0 Å². The van der Waals surface area contributed by atoms with E-state index in [0.29, 0.717) is 34.8 Å². The number of phenols is 2. The van der Waals surface area contributed by atoms with Gasteiger partial charge in [0, 0.05) is 28.6 Å². The van der Waals surface area contributed by atoms with Gasteiger partial charge in [-0.05, 0) is 39.3 Å². The molecule has 0 bridgehead atoms. The molecule has 0 atom stereocenters. The van der Waals surface area contributed by atoms with Crippen molar-refractivity contribution in [2.24, 2.45) is 0 Å². The molecule has 5 heteroatoms. The van der Waals surface area contributed by atoms with Crippen LogP contribution in [0.1, 0.15) is 25.0 Å². The van der Waals surface area contributed by atoms with Crippen LogP contribution < -0.4 is 9.47 Å². The van der Waals surface area contributed by atoms with E-state index < -0.39 is 0 Å². The second kappa shape index (κ2) is 7.27. The molecule has 0 spiro atoms. The molecule has 0 unspecified atom stereocenters. The smallest absolute Gasteiger partial charge is 0.145 e. The minimum absolute atomic E-state index is 0.0102. The fraction of sp³-hybridized carbons (Fsp3) is 0.273. The number of aromatic hydroxyl groups is 2. The van der Waals surface area contributed by atoms with E-state index in [1.165, 1.54) is 5.57 Å². The number of rotatable bonds is 5. The number of hydrogen-bond acceptors (Lipinski definition) is 5. The zero-order chi connectivity index (χ0) is 19.7. The van der Waals surface area contributed by atoms with Crippen molar-refractivity contribution in [2.45, 2.75) is 27.2 Å². The Morgan fingerprint density at radius 1 is 1.11 bits per heavy atom. The normalized spacial score (nSPS) is 10.9. The van der Waals surface area contributed by atoms with Gasteiger partial charge >= 0.3 is 0 Å². The van der Waals surface area contributed by atoms with Crippen LogP contribution in [0.3, 0.4) is 0 Å². The van der Waals surface area contributed by atoms with Gasteiger partial charge in [-0.25, -0.2) is 0 Å². The number of phenolic OH excluding ortho intramolecular Hbond substituents is 2. The van der Waals surface area contributed by atoms with Gasteiger partial charge in [-0.15, -0.1) is 0 Å². The SMILES string of the molecule is COc1cc(O)c(-c2oc3cc(O)ccc3c2C)c(OC)c1CC=C(C)C. The Morgan fingerprint density at radius 2 is 1.85 bits per heavy atom. The number of furan rings is 1. The highest BCUT2D eigenvalue weighted by Crippen LogP contribution is 2.48. The number of aryl methyl sites for hydroxylation is 1. The minimum atomic E-state index is 0.0102. The molecule has 2 aromatic carbocycles. The summed E-state index contributed by atoms with van der Waals surface area (Å²) in [7, 11) is 3.13. The second-order valence-corrected chi connectivity index (χ2v) is 6.71. The van der Waals surface area contributed by atoms with Crippen molar-refractivity contribution < 1.29 is 24.1 Å². The molecule has 0 saturated heterocycles. The van der Waals surface area contributed by atoms with Gasteiger partial charge in [-0.3, -0.25) is 0 Å². The quantitative estimate of drug-likeness (QED) is 0.594. The largest absolute Gasteiger partial charge is 0.508 e. The molecule has 0 aliphatic heterocycles. The lowest BCUT2D eigenvalue weighted by Gasteiger charge is -2.17. The van der Waals surface area contributed by atoms with Gasteiger partial charge in [0.15, 0.2) is 0 Å². The third-order valence-corrected chi connectivity index (χ3v) is 4.61. The molecule has 142 valence electrons. The van der Waals surface area contributed by atoms with E-state index in [-0.39, 0.29) is 11.5 Å². The van der Waals surface area contributed by atoms with Crippen LogP contribution in [-0.4, -0.2) is 24.4 Å². The number of hydrogen-bond donors (Lipinski definition) is 2. The molecule has 2 N–H and O–H groups in total. The fourth-order valence-corrected chi connectivity index (χ4v) is 3.24. The highest BCUT2D eigenvalue weighted by atomic mass is 16.5. The lowest BCUT2D eigenvalue weighted by molar-refractivity contribution is 0.378. The molecule has 0 aliphatic rings. The van der Waals surface area contributed by atoms with Crippen LogP contribution in [0.4, 0.5) is 0 Å². The summed E-state index contributed by atoms with van der Waals surface area (Å²) in [5.74, 6) is 1.70. The van der Waals surface area contributed by atoms with E-state index in [0.717, 1.165) is 16.5 Å². The maximum atomic E-state index is 10.7. The predicted molar refractivity (Wildman–Crippen MR) is 106 cm³/mol. The summed E-state index contributed by atoms with van der Waals surface area (Å²) in [5, 5.41) is 21.3. The Kier molecular flexibility index (Phi) is 5.04. The first-order valence-electron chi connectivity index (χ1n) is 8.70. The second-order valence-electron chi connectivity index (χ2n) is 6.71. The van der Waals surface area contributed by atoms with Crippen molar-refractivity contribution in [1.82, 2.24) is 0 Å². The third kappa shape index (κ3) is 3.33. The van der Waals surface area contributed by atoms with Gasteiger partial charge in [-0.2, -0.15) is 0 Å². The van der Waals surface area contributed by atoms with Crippen LogP contribution in [0, 0.1) is 6.92 Å². The molecule has 1 heterocycles. The monoisotopic (exact) mass is 368 g/mol. The van der Waals surface area contributed by atoms with Crippen molar-refractivity contribution in [3.05, 3.63) is 47.0 Å². The number of methoxy groups -OCH3 is 2. The maximum absolute atomic E-state index is 10.7. The van der Waals surface area contributed by atoms with E-state index in [1.54, 1.807) is 38.5 Å². The Morgan fingerprint density at radius 3 is 2.48 bits per heavy atom. The summed E-state index contributed by atoms with van der Waals surface area (Å²) in [4.78, 5) is 0. The van der Waals surface area contributed by atoms with Gasteiger partial charge in [0.05, 0.1) is 14.2 Å². The zero-order valence-corrected chi connectivity index (χ0v) is 16.2. The van der Waals surface area contributed by atoms with Gasteiger partial charge < -0.3 is 24.1 Å². The summed E-state index contributed by atoms with van der Waals surface area (Å²) in [6.45, 7) is 5.96. The first-order chi connectivity index (χ1) is 12.9. The summed E-state index contributed by atoms with van der Waals surface area (Å²) >= 11 is 0. The Bertz CT molecular complexity index is 1020. The van der Waals surface area contributed by atoms with Gasteiger partial charge in [0.2, 0.25) is 0 Å². The van der Waals surface area contributed by atoms with Crippen LogP contribution in [0.15, 0.2) is 40.3 Å². The fourth-order valence-electron chi connectivity index (χ4n) is 3.24. The molecule has 1 aromatic heterocycles. The summed E-state index contributed by atoms with van der Waals surface area (Å²) in [6.07, 6.45) is 2.67. The van der Waals surface area contributed by atoms with Gasteiger partial charge in [0.25, 0.3) is 0 Å². The first-order valence-corrected chi connectivity index (χ1v) is 8.70. The summed E-state index contributed by atoms with van der Waals surface area (Å²) < 4.78 is 17.1. The first kappa shape index (κ1) is 18.7. The molecule has 3 rings (SSSR count). The molecule has 0 fully saturated rings. The Hall–Kier alpha value is -3.08. The highest BCUT2D eigenvalue weighted by Gasteiger charge is 2.25. The number of allylic oxidation sites excluding steroid dienone is 2. The molecular weight excluding hydrogens is 344 g/mol. The maximum Gasteiger partial charge on any atom is 0.145 e. The third-order valence-electron chi connectivity index (χ3n) is 4.61. The van der Waals surface area contributed by atoms with Crippen LogP contribution in [0.25, 0.3) is 22.3 Å². The lowest BCUT2D eigenvalue weighted by Crippen LogP contribution is -1.99. The molecular formula is C22H24O5. The highest BCUT2D eigenvalue weighted by molar-refractivity contribution is 5.91. The zero-order valence-electron chi connectivity index (χ0n) is 16.2. The van der Waals surface area contributed by atoms with Gasteiger partial charge in [0.1, 0.15) is 39.9 Å². The Balaban J connectivity index is 2.31. The van der Waals surface area contributed by atoms with Crippen molar-refractivity contribution in [1.29, 1.82) is 0 Å². The van der Waals surface area contributed by atoms with Crippen LogP contribution in [-0.2, 0) is 6.42 Å². The standard InChI is InChI=1S/C22H24O5/c1-12(2)6-8-16-18(25-4)11-17(24)20(22(16)26-5)21-13(3)15-9-7-14(23)10-19(15)27-21/h6-7,9-11,23-24H,8H2,1-5H3. The topological polar surface area (TPSA) is 72.1 Å². The van der Waals surface area contributed by atoms with E-state index in [4.69, 9.17) is 13.9 Å². The van der Waals surface area contributed by atoms with Crippen molar-refractivity contribution in [3.63, 3.8) is 0 Å². The minimum Gasteiger partial charge on any atom is -0.508 e. The predicted octanol–water partition coefficient (Wildman–Crippen LogP) is 5.35. The summed E-state index contributed by atoms with van der Waals surface area (Å²) in [6, 6.07) is 6.54. The van der Waals surface area contributed by atoms with Gasteiger partial charge in [-0.1, -0.05) is 11.6 Å². The van der Waals surface area contributed by atoms with Crippen molar-refractivity contribution in [3.8, 4) is 34.3 Å². The molecule has 0 saturated carbocycles. The molecule has 5 nitrogen and oxygen atoms in total. The van der Waals surface area contributed by atoms with Crippen molar-refractivity contribution in [2.75, 3.05) is 14.2 Å². The van der Waals surface area contributed by atoms with E-state index >= 15 is 0 Å². The van der Waals surface area contributed by atoms with Crippen LogP contribution >= 0.6 is 0 Å². The molecule has 0 aliphatic carbocycles. The molecule has 3 aromatic rings. The molecule has 27 heavy (non-hydrogen) atoms. The molecule has 0 amide bonds. The number of benzene rings is 2. The van der Waals surface area contributed by atoms with E-state index in [9.17, 15) is 10.2 Å². The van der Waals surface area contributed by atoms with E-state index in [1.807, 2.05) is 20.8 Å². The number of ether oxygens (including phenoxy) is 2. The lowest BCUT2D eigenvalue weighted by atomic mass is 9.98. The van der Waals surface area contributed by atoms with Crippen LogP contribution in [0.5, 0.6) is 23.0 Å². The average molecular weight is 368 g/mol. The van der Waals surface area contributed by atoms with E-state index in [2.05, 4.69) is 6.08 Å². The molecule has 0 radical (unpaired) electrons. The number of fused-ring (bicyclic) bond motifs is 1. The Labute approximate surface area is 158 Å². The van der Waals surface area contributed by atoms with Crippen molar-refractivity contribution >= 4 is 11.0 Å². The average Bonchev–Trinajstić information content (AvgIpc) is 2.94.